The van der Waals surface area contributed by atoms with E-state index in [1.807, 2.05) is 12.1 Å². The van der Waals surface area contributed by atoms with Crippen LogP contribution in [0.5, 0.6) is 0 Å². The normalized spacial score (nSPS) is 27.5. The van der Waals surface area contributed by atoms with Gasteiger partial charge < -0.3 is 15.5 Å². The second-order valence-corrected chi connectivity index (χ2v) is 5.91. The quantitative estimate of drug-likeness (QED) is 0.847. The van der Waals surface area contributed by atoms with Crippen LogP contribution in [0.1, 0.15) is 6.42 Å². The van der Waals surface area contributed by atoms with Crippen LogP contribution in [0.4, 0.5) is 15.8 Å². The number of hydrogen-bond acceptors (Lipinski definition) is 3. The van der Waals surface area contributed by atoms with Gasteiger partial charge in [-0.25, -0.2) is 4.39 Å². The summed E-state index contributed by atoms with van der Waals surface area (Å²) in [6.07, 6.45) is 1.30. The third kappa shape index (κ3) is 2.84. The first kappa shape index (κ1) is 12.7. The highest BCUT2D eigenvalue weighted by Crippen LogP contribution is 2.31. The van der Waals surface area contributed by atoms with Crippen molar-refractivity contribution < 1.29 is 4.39 Å². The molecule has 0 spiro atoms. The summed E-state index contributed by atoms with van der Waals surface area (Å²) >= 11 is 0. The summed E-state index contributed by atoms with van der Waals surface area (Å²) in [5.41, 5.74) is 7.82. The molecule has 2 bridgehead atoms. The second-order valence-electron chi connectivity index (χ2n) is 5.91. The molecule has 19 heavy (non-hydrogen) atoms. The summed E-state index contributed by atoms with van der Waals surface area (Å²) in [5, 5.41) is 0. The molecular weight excluding hydrogens is 241 g/mol. The summed E-state index contributed by atoms with van der Waals surface area (Å²) in [4.78, 5) is 4.75. The van der Waals surface area contributed by atoms with Crippen molar-refractivity contribution in [2.24, 2.45) is 11.8 Å². The van der Waals surface area contributed by atoms with E-state index in [1.165, 1.54) is 12.1 Å². The zero-order valence-corrected chi connectivity index (χ0v) is 11.3. The van der Waals surface area contributed by atoms with Crippen molar-refractivity contribution in [3.05, 3.63) is 24.3 Å². The number of anilines is 2. The van der Waals surface area contributed by atoms with Crippen molar-refractivity contribution in [2.45, 2.75) is 6.42 Å². The van der Waals surface area contributed by atoms with Gasteiger partial charge in [-0.05, 0) is 42.5 Å². The van der Waals surface area contributed by atoms with E-state index < -0.39 is 0 Å². The molecule has 0 aromatic heterocycles. The topological polar surface area (TPSA) is 32.5 Å². The van der Waals surface area contributed by atoms with Crippen molar-refractivity contribution in [1.82, 2.24) is 4.90 Å². The maximum atomic E-state index is 12.5. The van der Waals surface area contributed by atoms with Gasteiger partial charge in [0.05, 0.1) is 0 Å². The molecule has 3 nitrogen and oxygen atoms in total. The van der Waals surface area contributed by atoms with Gasteiger partial charge in [0.15, 0.2) is 0 Å². The largest absolute Gasteiger partial charge is 0.399 e. The lowest BCUT2D eigenvalue weighted by molar-refractivity contribution is 0.103. The Bertz CT molecular complexity index is 406. The summed E-state index contributed by atoms with van der Waals surface area (Å²) in [6.45, 7) is 4.65. The first-order valence-electron chi connectivity index (χ1n) is 7.13. The molecule has 2 saturated heterocycles. The smallest absolute Gasteiger partial charge is 0.102 e. The van der Waals surface area contributed by atoms with Crippen molar-refractivity contribution in [2.75, 3.05) is 50.0 Å². The van der Waals surface area contributed by atoms with E-state index in [4.69, 9.17) is 5.73 Å². The lowest BCUT2D eigenvalue weighted by Gasteiger charge is -2.46. The van der Waals surface area contributed by atoms with Gasteiger partial charge in [-0.1, -0.05) is 0 Å². The van der Waals surface area contributed by atoms with Crippen LogP contribution in [0.3, 0.4) is 0 Å². The minimum absolute atomic E-state index is 0.221. The Labute approximate surface area is 114 Å². The van der Waals surface area contributed by atoms with Gasteiger partial charge in [-0.2, -0.15) is 0 Å². The monoisotopic (exact) mass is 263 g/mol. The first-order chi connectivity index (χ1) is 9.24. The predicted molar refractivity (Wildman–Crippen MR) is 77.1 cm³/mol. The molecule has 1 aromatic rings. The number of nitrogen functional groups attached to an aromatic ring is 1. The van der Waals surface area contributed by atoms with Gasteiger partial charge in [0.1, 0.15) is 6.67 Å². The fourth-order valence-electron chi connectivity index (χ4n) is 3.59. The molecule has 0 aliphatic carbocycles. The molecular formula is C15H22FN3. The zero-order chi connectivity index (χ0) is 13.2. The van der Waals surface area contributed by atoms with Crippen LogP contribution in [-0.4, -0.2) is 44.3 Å². The van der Waals surface area contributed by atoms with E-state index in [2.05, 4.69) is 21.9 Å². The Morgan fingerprint density at radius 2 is 1.68 bits per heavy atom. The number of alkyl halides is 1. The lowest BCUT2D eigenvalue weighted by atomic mass is 9.84. The molecule has 4 heteroatoms. The average molecular weight is 263 g/mol. The highest BCUT2D eigenvalue weighted by Gasteiger charge is 2.33. The number of fused-ring (bicyclic) bond motifs is 2. The first-order valence-corrected chi connectivity index (χ1v) is 7.13. The standard InChI is InChI=1S/C15H22FN3/c16-5-6-18-8-12-7-13(9-18)11-19(10-12)15-3-1-14(17)2-4-15/h1-4,12-13H,5-11,17H2. The summed E-state index contributed by atoms with van der Waals surface area (Å²) in [7, 11) is 0. The van der Waals surface area contributed by atoms with Crippen LogP contribution in [0.15, 0.2) is 24.3 Å². The Balaban J connectivity index is 1.67. The van der Waals surface area contributed by atoms with E-state index in [0.717, 1.165) is 31.9 Å². The van der Waals surface area contributed by atoms with Crippen molar-refractivity contribution in [3.63, 3.8) is 0 Å². The van der Waals surface area contributed by atoms with E-state index in [9.17, 15) is 4.39 Å². The molecule has 2 fully saturated rings. The van der Waals surface area contributed by atoms with Crippen molar-refractivity contribution in [3.8, 4) is 0 Å². The summed E-state index contributed by atoms with van der Waals surface area (Å²) < 4.78 is 12.5. The Hall–Kier alpha value is -1.29. The van der Waals surface area contributed by atoms with Gasteiger partial charge in [0, 0.05) is 44.1 Å². The molecule has 2 aliphatic rings. The Morgan fingerprint density at radius 3 is 2.26 bits per heavy atom. The molecule has 0 amide bonds. The van der Waals surface area contributed by atoms with Gasteiger partial charge in [0.25, 0.3) is 0 Å². The van der Waals surface area contributed by atoms with E-state index in [-0.39, 0.29) is 6.67 Å². The van der Waals surface area contributed by atoms with Crippen LogP contribution >= 0.6 is 0 Å². The maximum Gasteiger partial charge on any atom is 0.102 e. The van der Waals surface area contributed by atoms with E-state index >= 15 is 0 Å². The van der Waals surface area contributed by atoms with Gasteiger partial charge in [0.2, 0.25) is 0 Å². The SMILES string of the molecule is Nc1ccc(N2CC3CC(CN(CCF)C3)C2)cc1. The molecule has 104 valence electrons. The molecule has 2 atom stereocenters. The third-order valence-electron chi connectivity index (χ3n) is 4.32. The summed E-state index contributed by atoms with van der Waals surface area (Å²) in [5.74, 6) is 1.35. The van der Waals surface area contributed by atoms with Gasteiger partial charge >= 0.3 is 0 Å². The second kappa shape index (κ2) is 5.37. The van der Waals surface area contributed by atoms with Crippen LogP contribution in [-0.2, 0) is 0 Å². The van der Waals surface area contributed by atoms with E-state index in [1.54, 1.807) is 0 Å². The van der Waals surface area contributed by atoms with Crippen LogP contribution < -0.4 is 10.6 Å². The lowest BCUT2D eigenvalue weighted by Crippen LogP contribution is -2.53. The van der Waals surface area contributed by atoms with Crippen LogP contribution in [0.2, 0.25) is 0 Å². The number of nitrogens with two attached hydrogens (primary N) is 1. The molecule has 0 radical (unpaired) electrons. The molecule has 3 rings (SSSR count). The molecule has 1 aromatic carbocycles. The molecule has 2 unspecified atom stereocenters. The Kier molecular flexibility index (Phi) is 3.60. The number of nitrogens with zero attached hydrogens (tertiary/aromatic N) is 2. The molecule has 2 heterocycles. The molecule has 0 saturated carbocycles. The molecule has 2 N–H and O–H groups in total. The van der Waals surface area contributed by atoms with Crippen LogP contribution in [0, 0.1) is 11.8 Å². The fourth-order valence-corrected chi connectivity index (χ4v) is 3.59. The predicted octanol–water partition coefficient (Wildman–Crippen LogP) is 2.00. The third-order valence-corrected chi connectivity index (χ3v) is 4.32. The van der Waals surface area contributed by atoms with Gasteiger partial charge in [-0.15, -0.1) is 0 Å². The van der Waals surface area contributed by atoms with Crippen molar-refractivity contribution in [1.29, 1.82) is 0 Å². The highest BCUT2D eigenvalue weighted by atomic mass is 19.1. The number of piperidine rings is 2. The fraction of sp³-hybridized carbons (Fsp3) is 0.600. The number of halogens is 1. The number of benzene rings is 1. The van der Waals surface area contributed by atoms with Crippen molar-refractivity contribution >= 4 is 11.4 Å². The summed E-state index contributed by atoms with van der Waals surface area (Å²) in [6, 6.07) is 8.15. The van der Waals surface area contributed by atoms with Crippen LogP contribution in [0.25, 0.3) is 0 Å². The van der Waals surface area contributed by atoms with Gasteiger partial charge in [-0.3, -0.25) is 0 Å². The average Bonchev–Trinajstić information content (AvgIpc) is 2.39. The maximum absolute atomic E-state index is 12.5. The minimum Gasteiger partial charge on any atom is -0.399 e. The Morgan fingerprint density at radius 1 is 1.05 bits per heavy atom. The highest BCUT2D eigenvalue weighted by molar-refractivity contribution is 5.53. The number of likely N-dealkylation sites (tertiary alicyclic amines) is 1. The zero-order valence-electron chi connectivity index (χ0n) is 11.3. The minimum atomic E-state index is -0.221. The van der Waals surface area contributed by atoms with E-state index in [0.29, 0.717) is 18.4 Å². The number of rotatable bonds is 3. The molecule has 2 aliphatic heterocycles. The number of hydrogen-bond donors (Lipinski definition) is 1.